The van der Waals surface area contributed by atoms with Crippen LogP contribution in [0.2, 0.25) is 10.0 Å². The van der Waals surface area contributed by atoms with Crippen LogP contribution in [-0.2, 0) is 0 Å². The molecule has 5 nitrogen and oxygen atoms in total. The molecule has 1 aliphatic rings. The van der Waals surface area contributed by atoms with Gasteiger partial charge < -0.3 is 20.0 Å². The number of benzene rings is 3. The predicted octanol–water partition coefficient (Wildman–Crippen LogP) is 9.70. The van der Waals surface area contributed by atoms with Gasteiger partial charge in [0.05, 0.1) is 16.9 Å². The number of pyridine rings is 1. The number of nitrogens with one attached hydrogen (secondary N) is 1. The van der Waals surface area contributed by atoms with E-state index in [4.69, 9.17) is 23.2 Å². The molecule has 4 aromatic rings. The van der Waals surface area contributed by atoms with E-state index in [0.29, 0.717) is 6.04 Å². The highest BCUT2D eigenvalue weighted by Gasteiger charge is 2.23. The van der Waals surface area contributed by atoms with Crippen molar-refractivity contribution in [1.29, 1.82) is 0 Å². The molecule has 0 fully saturated rings. The lowest BCUT2D eigenvalue weighted by Crippen LogP contribution is -2.25. The Hall–Kier alpha value is -2.48. The quantitative estimate of drug-likeness (QED) is 0.166. The summed E-state index contributed by atoms with van der Waals surface area (Å²) in [5, 5.41) is 6.26. The van der Waals surface area contributed by atoms with E-state index in [1.165, 1.54) is 34.1 Å². The van der Waals surface area contributed by atoms with Gasteiger partial charge in [0.15, 0.2) is 0 Å². The smallest absolute Gasteiger partial charge is 0.0737 e. The average Bonchev–Trinajstić information content (AvgIpc) is 2.99. The van der Waals surface area contributed by atoms with Crippen LogP contribution < -0.4 is 10.2 Å². The Kier molecular flexibility index (Phi) is 12.9. The summed E-state index contributed by atoms with van der Waals surface area (Å²) in [6.45, 7) is 12.2. The maximum atomic E-state index is 6.21. The molecule has 43 heavy (non-hydrogen) atoms. The third-order valence-corrected chi connectivity index (χ3v) is 9.29. The van der Waals surface area contributed by atoms with Crippen molar-refractivity contribution in [1.82, 2.24) is 14.8 Å². The molecule has 1 atom stereocenters. The van der Waals surface area contributed by atoms with Crippen LogP contribution in [0, 0.1) is 0 Å². The number of halogens is 2. The summed E-state index contributed by atoms with van der Waals surface area (Å²) in [6, 6.07) is 23.1. The van der Waals surface area contributed by atoms with Crippen molar-refractivity contribution < 1.29 is 0 Å². The Morgan fingerprint density at radius 1 is 0.860 bits per heavy atom. The summed E-state index contributed by atoms with van der Waals surface area (Å²) in [5.74, 6) is 0. The van der Waals surface area contributed by atoms with E-state index in [1.807, 2.05) is 48.3 Å². The topological polar surface area (TPSA) is 34.6 Å². The summed E-state index contributed by atoms with van der Waals surface area (Å²) in [5.41, 5.74) is 4.59. The Balaban J connectivity index is 0.000000197. The lowest BCUT2D eigenvalue weighted by molar-refractivity contribution is 0.295. The van der Waals surface area contributed by atoms with E-state index in [1.54, 1.807) is 0 Å². The van der Waals surface area contributed by atoms with Gasteiger partial charge in [-0.25, -0.2) is 0 Å². The minimum absolute atomic E-state index is 0.442. The second-order valence-electron chi connectivity index (χ2n) is 11.2. The Morgan fingerprint density at radius 2 is 1.58 bits per heavy atom. The van der Waals surface area contributed by atoms with Gasteiger partial charge in [0.2, 0.25) is 0 Å². The Labute approximate surface area is 272 Å². The lowest BCUT2D eigenvalue weighted by Gasteiger charge is -2.33. The summed E-state index contributed by atoms with van der Waals surface area (Å²) < 4.78 is 0. The highest BCUT2D eigenvalue weighted by molar-refractivity contribution is 7.99. The van der Waals surface area contributed by atoms with Gasteiger partial charge in [-0.3, -0.25) is 4.98 Å². The second kappa shape index (κ2) is 16.6. The van der Waals surface area contributed by atoms with Gasteiger partial charge in [-0.2, -0.15) is 0 Å². The molecule has 8 heteroatoms. The zero-order valence-electron chi connectivity index (χ0n) is 26.1. The molecule has 0 aliphatic carbocycles. The molecule has 5 rings (SSSR count). The van der Waals surface area contributed by atoms with Crippen molar-refractivity contribution in [2.75, 3.05) is 57.0 Å². The first-order valence-electron chi connectivity index (χ1n) is 15.3. The number of rotatable bonds is 12. The largest absolute Gasteiger partial charge is 0.382 e. The predicted molar refractivity (Wildman–Crippen MR) is 189 cm³/mol. The SMILES string of the molecule is CCN(CC)CCCC(C)Nc1ccnc2cc(Cl)ccc12.CN(C)CCCN1c2ccccc2Sc2ccc(Cl)cc21. The van der Waals surface area contributed by atoms with E-state index >= 15 is 0 Å². The number of fused-ring (bicyclic) bond motifs is 3. The third kappa shape index (κ3) is 9.50. The second-order valence-corrected chi connectivity index (χ2v) is 13.2. The van der Waals surface area contributed by atoms with Crippen LogP contribution >= 0.6 is 35.0 Å². The highest BCUT2D eigenvalue weighted by Crippen LogP contribution is 2.48. The van der Waals surface area contributed by atoms with Crippen molar-refractivity contribution in [3.8, 4) is 0 Å². The zero-order valence-corrected chi connectivity index (χ0v) is 28.4. The van der Waals surface area contributed by atoms with Gasteiger partial charge in [0.1, 0.15) is 0 Å². The van der Waals surface area contributed by atoms with Crippen molar-refractivity contribution in [2.24, 2.45) is 0 Å². The van der Waals surface area contributed by atoms with Crippen molar-refractivity contribution in [3.05, 3.63) is 83.0 Å². The van der Waals surface area contributed by atoms with Gasteiger partial charge in [-0.05, 0) is 121 Å². The standard InChI is InChI=1S/C18H26ClN3.C17H19ClN2S/c1-4-22(5-2)12-6-7-14(3)21-17-10-11-20-18-13-15(19)8-9-16(17)18;1-19(2)10-5-11-20-14-6-3-4-7-16(14)21-17-9-8-13(18)12-15(17)20/h8-11,13-14H,4-7,12H2,1-3H3,(H,20,21);3-4,6-9,12H,5,10-11H2,1-2H3. The summed E-state index contributed by atoms with van der Waals surface area (Å²) in [4.78, 5) is 14.1. The molecule has 0 saturated heterocycles. The molecular weight excluding hydrogens is 593 g/mol. The summed E-state index contributed by atoms with van der Waals surface area (Å²) in [6.07, 6.45) is 5.33. The monoisotopic (exact) mass is 637 g/mol. The summed E-state index contributed by atoms with van der Waals surface area (Å²) >= 11 is 14.1. The van der Waals surface area contributed by atoms with Crippen LogP contribution in [0.4, 0.5) is 17.1 Å². The number of para-hydroxylation sites is 1. The van der Waals surface area contributed by atoms with Crippen LogP contribution in [-0.4, -0.2) is 67.6 Å². The van der Waals surface area contributed by atoms with Gasteiger partial charge in [0.25, 0.3) is 0 Å². The Morgan fingerprint density at radius 3 is 2.35 bits per heavy atom. The van der Waals surface area contributed by atoms with Crippen molar-refractivity contribution in [3.63, 3.8) is 0 Å². The number of aromatic nitrogens is 1. The van der Waals surface area contributed by atoms with E-state index in [9.17, 15) is 0 Å². The maximum Gasteiger partial charge on any atom is 0.0737 e. The number of anilines is 3. The molecule has 2 heterocycles. The normalized spacial score (nSPS) is 13.0. The minimum Gasteiger partial charge on any atom is -0.382 e. The van der Waals surface area contributed by atoms with Gasteiger partial charge in [-0.15, -0.1) is 0 Å². The zero-order chi connectivity index (χ0) is 30.8. The van der Waals surface area contributed by atoms with Crippen molar-refractivity contribution in [2.45, 2.75) is 55.9 Å². The fraction of sp³-hybridized carbons (Fsp3) is 0.400. The lowest BCUT2D eigenvalue weighted by atomic mass is 10.1. The van der Waals surface area contributed by atoms with E-state index < -0.39 is 0 Å². The number of hydrogen-bond acceptors (Lipinski definition) is 6. The molecule has 1 aliphatic heterocycles. The third-order valence-electron chi connectivity index (χ3n) is 7.69. The fourth-order valence-electron chi connectivity index (χ4n) is 5.33. The minimum atomic E-state index is 0.442. The summed E-state index contributed by atoms with van der Waals surface area (Å²) in [7, 11) is 4.23. The molecule has 3 aromatic carbocycles. The van der Waals surface area contributed by atoms with E-state index in [0.717, 1.165) is 65.7 Å². The van der Waals surface area contributed by atoms with E-state index in [2.05, 4.69) is 96.3 Å². The molecule has 230 valence electrons. The number of hydrogen-bond donors (Lipinski definition) is 1. The van der Waals surface area contributed by atoms with Gasteiger partial charge in [0, 0.05) is 49.7 Å². The molecule has 0 radical (unpaired) electrons. The van der Waals surface area contributed by atoms with Crippen LogP contribution in [0.15, 0.2) is 82.7 Å². The molecule has 1 N–H and O–H groups in total. The van der Waals surface area contributed by atoms with Gasteiger partial charge in [-0.1, -0.05) is 60.9 Å². The number of nitrogens with zero attached hydrogens (tertiary/aromatic N) is 4. The molecule has 0 spiro atoms. The first kappa shape index (κ1) is 33.4. The van der Waals surface area contributed by atoms with Crippen molar-refractivity contribution >= 4 is 62.9 Å². The van der Waals surface area contributed by atoms with Crippen LogP contribution in [0.1, 0.15) is 40.0 Å². The van der Waals surface area contributed by atoms with Gasteiger partial charge >= 0.3 is 0 Å². The van der Waals surface area contributed by atoms with Crippen LogP contribution in [0.25, 0.3) is 10.9 Å². The fourth-order valence-corrected chi connectivity index (χ4v) is 6.74. The van der Waals surface area contributed by atoms with Crippen LogP contribution in [0.3, 0.4) is 0 Å². The molecular formula is C35H45Cl2N5S. The van der Waals surface area contributed by atoms with E-state index in [-0.39, 0.29) is 0 Å². The first-order chi connectivity index (χ1) is 20.8. The Bertz CT molecular complexity index is 1460. The average molecular weight is 639 g/mol. The van der Waals surface area contributed by atoms with Crippen LogP contribution in [0.5, 0.6) is 0 Å². The first-order valence-corrected chi connectivity index (χ1v) is 16.9. The molecule has 0 saturated carbocycles. The highest BCUT2D eigenvalue weighted by atomic mass is 35.5. The maximum absolute atomic E-state index is 6.21. The molecule has 0 bridgehead atoms. The molecule has 1 unspecified atom stereocenters. The molecule has 1 aromatic heterocycles. The molecule has 0 amide bonds.